The fourth-order valence-electron chi connectivity index (χ4n) is 2.89. The zero-order chi connectivity index (χ0) is 13.9. The molecule has 1 aliphatic heterocycles. The number of fused-ring (bicyclic) bond motifs is 1. The average Bonchev–Trinajstić information content (AvgIpc) is 2.53. The Morgan fingerprint density at radius 2 is 1.65 bits per heavy atom. The highest BCUT2D eigenvalue weighted by atomic mass is 16.5. The van der Waals surface area contributed by atoms with Crippen LogP contribution in [0, 0.1) is 0 Å². The molecule has 3 heteroatoms. The van der Waals surface area contributed by atoms with Gasteiger partial charge in [0.05, 0.1) is 14.2 Å². The molecule has 20 heavy (non-hydrogen) atoms. The first-order valence-corrected chi connectivity index (χ1v) is 6.88. The molecule has 104 valence electrons. The van der Waals surface area contributed by atoms with Gasteiger partial charge in [0.15, 0.2) is 0 Å². The van der Waals surface area contributed by atoms with Crippen molar-refractivity contribution in [1.29, 1.82) is 0 Å². The highest BCUT2D eigenvalue weighted by Gasteiger charge is 2.19. The normalized spacial score (nSPS) is 13.7. The summed E-state index contributed by atoms with van der Waals surface area (Å²) < 4.78 is 11.0. The highest BCUT2D eigenvalue weighted by Crippen LogP contribution is 2.37. The number of nitrogens with one attached hydrogen (secondary N) is 1. The molecule has 1 aliphatic rings. The topological polar surface area (TPSA) is 30.5 Å². The predicted octanol–water partition coefficient (Wildman–Crippen LogP) is 3.02. The van der Waals surface area contributed by atoms with Crippen LogP contribution in [0.4, 0.5) is 0 Å². The van der Waals surface area contributed by atoms with E-state index in [4.69, 9.17) is 9.47 Å². The zero-order valence-corrected chi connectivity index (χ0v) is 11.9. The third kappa shape index (κ3) is 2.14. The van der Waals surface area contributed by atoms with Gasteiger partial charge in [-0.2, -0.15) is 0 Å². The first-order valence-electron chi connectivity index (χ1n) is 6.88. The van der Waals surface area contributed by atoms with Crippen LogP contribution in [-0.2, 0) is 13.0 Å². The first-order chi connectivity index (χ1) is 9.85. The molecule has 0 unspecified atom stereocenters. The molecule has 0 aliphatic carbocycles. The van der Waals surface area contributed by atoms with Gasteiger partial charge in [-0.25, -0.2) is 0 Å². The molecule has 0 aromatic heterocycles. The molecule has 2 aromatic rings. The third-order valence-corrected chi connectivity index (χ3v) is 3.86. The molecule has 1 N–H and O–H groups in total. The van der Waals surface area contributed by atoms with Crippen molar-refractivity contribution in [2.24, 2.45) is 0 Å². The van der Waals surface area contributed by atoms with Crippen molar-refractivity contribution < 1.29 is 9.47 Å². The standard InChI is InChI=1S/C17H19NO2/c1-19-16-6-4-3-5-14(16)12-7-8-17(20-2)15-11-18-10-9-13(12)15/h3-8,18H,9-11H2,1-2H3. The van der Waals surface area contributed by atoms with Gasteiger partial charge in [-0.05, 0) is 36.2 Å². The van der Waals surface area contributed by atoms with Crippen molar-refractivity contribution in [2.45, 2.75) is 13.0 Å². The zero-order valence-electron chi connectivity index (χ0n) is 11.9. The number of para-hydroxylation sites is 1. The molecule has 0 amide bonds. The van der Waals surface area contributed by atoms with E-state index < -0.39 is 0 Å². The summed E-state index contributed by atoms with van der Waals surface area (Å²) in [5.41, 5.74) is 5.03. The van der Waals surface area contributed by atoms with Gasteiger partial charge in [0.1, 0.15) is 11.5 Å². The minimum atomic E-state index is 0.863. The van der Waals surface area contributed by atoms with E-state index in [0.717, 1.165) is 36.6 Å². The lowest BCUT2D eigenvalue weighted by molar-refractivity contribution is 0.404. The average molecular weight is 269 g/mol. The van der Waals surface area contributed by atoms with Gasteiger partial charge in [-0.15, -0.1) is 0 Å². The van der Waals surface area contributed by atoms with E-state index in [2.05, 4.69) is 23.5 Å². The monoisotopic (exact) mass is 269 g/mol. The number of ether oxygens (including phenoxy) is 2. The summed E-state index contributed by atoms with van der Waals surface area (Å²) >= 11 is 0. The fraction of sp³-hybridized carbons (Fsp3) is 0.294. The summed E-state index contributed by atoms with van der Waals surface area (Å²) in [4.78, 5) is 0. The lowest BCUT2D eigenvalue weighted by Crippen LogP contribution is -2.24. The molecule has 3 nitrogen and oxygen atoms in total. The van der Waals surface area contributed by atoms with Crippen molar-refractivity contribution in [3.8, 4) is 22.6 Å². The van der Waals surface area contributed by atoms with Crippen LogP contribution in [0.25, 0.3) is 11.1 Å². The van der Waals surface area contributed by atoms with Gasteiger partial charge in [0.2, 0.25) is 0 Å². The minimum absolute atomic E-state index is 0.863. The second-order valence-electron chi connectivity index (χ2n) is 4.90. The Morgan fingerprint density at radius 3 is 2.45 bits per heavy atom. The van der Waals surface area contributed by atoms with E-state index >= 15 is 0 Å². The molecule has 0 atom stereocenters. The SMILES string of the molecule is COc1ccccc1-c1ccc(OC)c2c1CCNC2. The second kappa shape index (κ2) is 5.55. The molecule has 1 heterocycles. The van der Waals surface area contributed by atoms with Crippen molar-refractivity contribution >= 4 is 0 Å². The van der Waals surface area contributed by atoms with Gasteiger partial charge in [0.25, 0.3) is 0 Å². The van der Waals surface area contributed by atoms with E-state index in [-0.39, 0.29) is 0 Å². The Labute approximate surface area is 119 Å². The van der Waals surface area contributed by atoms with Crippen LogP contribution in [0.5, 0.6) is 11.5 Å². The number of hydrogen-bond acceptors (Lipinski definition) is 3. The maximum atomic E-state index is 5.50. The summed E-state index contributed by atoms with van der Waals surface area (Å²) in [5.74, 6) is 1.88. The van der Waals surface area contributed by atoms with Gasteiger partial charge in [-0.1, -0.05) is 24.3 Å². The molecule has 0 saturated heterocycles. The van der Waals surface area contributed by atoms with Gasteiger partial charge in [-0.3, -0.25) is 0 Å². The van der Waals surface area contributed by atoms with E-state index in [1.807, 2.05) is 18.2 Å². The number of benzene rings is 2. The summed E-state index contributed by atoms with van der Waals surface area (Å²) in [6.45, 7) is 1.86. The molecular weight excluding hydrogens is 250 g/mol. The Hall–Kier alpha value is -2.00. The minimum Gasteiger partial charge on any atom is -0.496 e. The van der Waals surface area contributed by atoms with E-state index in [9.17, 15) is 0 Å². The largest absolute Gasteiger partial charge is 0.496 e. The van der Waals surface area contributed by atoms with E-state index in [1.54, 1.807) is 14.2 Å². The van der Waals surface area contributed by atoms with Crippen LogP contribution in [-0.4, -0.2) is 20.8 Å². The van der Waals surface area contributed by atoms with Crippen LogP contribution >= 0.6 is 0 Å². The maximum Gasteiger partial charge on any atom is 0.126 e. The van der Waals surface area contributed by atoms with Crippen molar-refractivity contribution in [3.63, 3.8) is 0 Å². The van der Waals surface area contributed by atoms with E-state index in [0.29, 0.717) is 0 Å². The molecule has 0 bridgehead atoms. The molecule has 0 radical (unpaired) electrons. The second-order valence-corrected chi connectivity index (χ2v) is 4.90. The fourth-order valence-corrected chi connectivity index (χ4v) is 2.89. The Balaban J connectivity index is 2.19. The summed E-state index contributed by atoms with van der Waals surface area (Å²) in [7, 11) is 3.45. The van der Waals surface area contributed by atoms with Crippen LogP contribution in [0.15, 0.2) is 36.4 Å². The molecule has 3 rings (SSSR count). The van der Waals surface area contributed by atoms with Gasteiger partial charge in [0, 0.05) is 17.7 Å². The third-order valence-electron chi connectivity index (χ3n) is 3.86. The van der Waals surface area contributed by atoms with Crippen LogP contribution in [0.1, 0.15) is 11.1 Å². The van der Waals surface area contributed by atoms with Crippen molar-refractivity contribution in [1.82, 2.24) is 5.32 Å². The van der Waals surface area contributed by atoms with Crippen molar-refractivity contribution in [2.75, 3.05) is 20.8 Å². The Bertz CT molecular complexity index is 622. The smallest absolute Gasteiger partial charge is 0.126 e. The van der Waals surface area contributed by atoms with Crippen molar-refractivity contribution in [3.05, 3.63) is 47.5 Å². The quantitative estimate of drug-likeness (QED) is 0.929. The predicted molar refractivity (Wildman–Crippen MR) is 80.4 cm³/mol. The molecule has 2 aromatic carbocycles. The Morgan fingerprint density at radius 1 is 0.850 bits per heavy atom. The lowest BCUT2D eigenvalue weighted by Gasteiger charge is -2.23. The summed E-state index contributed by atoms with van der Waals surface area (Å²) in [6, 6.07) is 12.4. The molecular formula is C17H19NO2. The number of rotatable bonds is 3. The lowest BCUT2D eigenvalue weighted by atomic mass is 9.90. The molecule has 0 saturated carbocycles. The summed E-state index contributed by atoms with van der Waals surface area (Å²) in [5, 5.41) is 3.41. The van der Waals surface area contributed by atoms with Crippen LogP contribution in [0.3, 0.4) is 0 Å². The highest BCUT2D eigenvalue weighted by molar-refractivity contribution is 5.76. The number of hydrogen-bond donors (Lipinski definition) is 1. The Kier molecular flexibility index (Phi) is 3.61. The maximum absolute atomic E-state index is 5.50. The summed E-state index contributed by atoms with van der Waals surface area (Å²) in [6.07, 6.45) is 1.01. The molecule has 0 spiro atoms. The van der Waals surface area contributed by atoms with Crippen LogP contribution < -0.4 is 14.8 Å². The van der Waals surface area contributed by atoms with Gasteiger partial charge < -0.3 is 14.8 Å². The van der Waals surface area contributed by atoms with Crippen LogP contribution in [0.2, 0.25) is 0 Å². The number of methoxy groups -OCH3 is 2. The molecule has 0 fully saturated rings. The van der Waals surface area contributed by atoms with E-state index in [1.165, 1.54) is 16.7 Å². The van der Waals surface area contributed by atoms with Gasteiger partial charge >= 0.3 is 0 Å². The first kappa shape index (κ1) is 13.0.